The van der Waals surface area contributed by atoms with Gasteiger partial charge in [0.2, 0.25) is 0 Å². The number of aryl methyl sites for hydroxylation is 2. The van der Waals surface area contributed by atoms with Gasteiger partial charge in [0.05, 0.1) is 0 Å². The molecule has 0 atom stereocenters. The van der Waals surface area contributed by atoms with E-state index in [-0.39, 0.29) is 0 Å². The molecule has 1 nitrogen and oxygen atoms in total. The Kier molecular flexibility index (Phi) is 4.22. The van der Waals surface area contributed by atoms with Crippen LogP contribution in [-0.4, -0.2) is 5.33 Å². The average molecular weight is 328 g/mol. The zero-order valence-corrected chi connectivity index (χ0v) is 13.0. The molecule has 102 valence electrons. The van der Waals surface area contributed by atoms with E-state index in [0.29, 0.717) is 0 Å². The van der Waals surface area contributed by atoms with Crippen molar-refractivity contribution in [2.24, 2.45) is 0 Å². The number of anilines is 2. The highest BCUT2D eigenvalue weighted by atomic mass is 79.9. The van der Waals surface area contributed by atoms with Gasteiger partial charge in [-0.1, -0.05) is 58.4 Å². The molecule has 2 aromatic rings. The second-order valence-corrected chi connectivity index (χ2v) is 5.78. The SMILES string of the molecule is BrCC/C=C/N1c2ccccc2CCc2ccccc21. The van der Waals surface area contributed by atoms with Crippen LogP contribution < -0.4 is 4.90 Å². The summed E-state index contributed by atoms with van der Waals surface area (Å²) in [6, 6.07) is 17.4. The van der Waals surface area contributed by atoms with Crippen LogP contribution in [0.1, 0.15) is 17.5 Å². The number of rotatable bonds is 3. The summed E-state index contributed by atoms with van der Waals surface area (Å²) < 4.78 is 0. The molecule has 0 amide bonds. The lowest BCUT2D eigenvalue weighted by molar-refractivity contribution is 0.977. The predicted octanol–water partition coefficient (Wildman–Crippen LogP) is 5.22. The molecule has 1 heterocycles. The monoisotopic (exact) mass is 327 g/mol. The van der Waals surface area contributed by atoms with Gasteiger partial charge in [-0.25, -0.2) is 0 Å². The molecule has 0 unspecified atom stereocenters. The van der Waals surface area contributed by atoms with E-state index in [1.807, 2.05) is 0 Å². The first-order valence-electron chi connectivity index (χ1n) is 7.08. The highest BCUT2D eigenvalue weighted by Crippen LogP contribution is 2.36. The second-order valence-electron chi connectivity index (χ2n) is 4.99. The minimum absolute atomic E-state index is 1.00. The second kappa shape index (κ2) is 6.27. The van der Waals surface area contributed by atoms with Crippen LogP contribution in [0.4, 0.5) is 11.4 Å². The molecule has 0 spiro atoms. The van der Waals surface area contributed by atoms with Gasteiger partial charge in [-0.05, 0) is 42.5 Å². The Morgan fingerprint density at radius 1 is 0.900 bits per heavy atom. The number of hydrogen-bond acceptors (Lipinski definition) is 1. The Balaban J connectivity index is 2.09. The summed E-state index contributed by atoms with van der Waals surface area (Å²) in [7, 11) is 0. The molecular weight excluding hydrogens is 310 g/mol. The Hall–Kier alpha value is -1.54. The maximum absolute atomic E-state index is 3.48. The summed E-state index contributed by atoms with van der Waals surface area (Å²) in [5.74, 6) is 0. The van der Waals surface area contributed by atoms with E-state index in [9.17, 15) is 0 Å². The van der Waals surface area contributed by atoms with Gasteiger partial charge < -0.3 is 4.90 Å². The lowest BCUT2D eigenvalue weighted by atomic mass is 10.0. The van der Waals surface area contributed by atoms with E-state index in [2.05, 4.69) is 81.6 Å². The molecule has 0 radical (unpaired) electrons. The lowest BCUT2D eigenvalue weighted by Gasteiger charge is -2.23. The molecule has 0 fully saturated rings. The van der Waals surface area contributed by atoms with E-state index >= 15 is 0 Å². The third kappa shape index (κ3) is 2.66. The molecule has 1 aliphatic heterocycles. The minimum atomic E-state index is 1.00. The van der Waals surface area contributed by atoms with Crippen molar-refractivity contribution < 1.29 is 0 Å². The zero-order chi connectivity index (χ0) is 13.8. The van der Waals surface area contributed by atoms with Crippen molar-refractivity contribution >= 4 is 27.3 Å². The highest BCUT2D eigenvalue weighted by molar-refractivity contribution is 9.09. The third-order valence-corrected chi connectivity index (χ3v) is 4.15. The molecule has 0 N–H and O–H groups in total. The van der Waals surface area contributed by atoms with Gasteiger partial charge in [0.25, 0.3) is 0 Å². The van der Waals surface area contributed by atoms with Crippen LogP contribution in [0.5, 0.6) is 0 Å². The third-order valence-electron chi connectivity index (χ3n) is 3.70. The van der Waals surface area contributed by atoms with Gasteiger partial charge >= 0.3 is 0 Å². The number of para-hydroxylation sites is 2. The number of benzene rings is 2. The first-order chi connectivity index (χ1) is 9.90. The highest BCUT2D eigenvalue weighted by Gasteiger charge is 2.17. The first kappa shape index (κ1) is 13.4. The lowest BCUT2D eigenvalue weighted by Crippen LogP contribution is -2.10. The normalized spacial score (nSPS) is 13.9. The fraction of sp³-hybridized carbons (Fsp3) is 0.222. The van der Waals surface area contributed by atoms with Crippen molar-refractivity contribution in [3.05, 3.63) is 71.9 Å². The van der Waals surface area contributed by atoms with Crippen LogP contribution in [-0.2, 0) is 12.8 Å². The summed E-state index contributed by atoms with van der Waals surface area (Å²) in [5.41, 5.74) is 5.46. The molecule has 0 aromatic heterocycles. The minimum Gasteiger partial charge on any atom is -0.317 e. The number of nitrogens with zero attached hydrogens (tertiary/aromatic N) is 1. The Morgan fingerprint density at radius 2 is 1.45 bits per heavy atom. The topological polar surface area (TPSA) is 3.24 Å². The van der Waals surface area contributed by atoms with Crippen molar-refractivity contribution in [1.82, 2.24) is 0 Å². The van der Waals surface area contributed by atoms with Crippen molar-refractivity contribution in [2.75, 3.05) is 10.2 Å². The molecular formula is C18H18BrN. The predicted molar refractivity (Wildman–Crippen MR) is 90.0 cm³/mol. The number of alkyl halides is 1. The molecule has 0 saturated heterocycles. The van der Waals surface area contributed by atoms with Crippen LogP contribution in [0.15, 0.2) is 60.8 Å². The van der Waals surface area contributed by atoms with E-state index in [1.165, 1.54) is 22.5 Å². The number of fused-ring (bicyclic) bond motifs is 2. The molecule has 20 heavy (non-hydrogen) atoms. The van der Waals surface area contributed by atoms with Gasteiger partial charge in [-0.3, -0.25) is 0 Å². The largest absolute Gasteiger partial charge is 0.317 e. The molecule has 3 rings (SSSR count). The van der Waals surface area contributed by atoms with Crippen LogP contribution >= 0.6 is 15.9 Å². The van der Waals surface area contributed by atoms with Crippen LogP contribution in [0, 0.1) is 0 Å². The fourth-order valence-corrected chi connectivity index (χ4v) is 2.98. The Labute approximate surface area is 129 Å². The summed E-state index contributed by atoms with van der Waals surface area (Å²) in [5, 5.41) is 1.00. The van der Waals surface area contributed by atoms with Crippen LogP contribution in [0.2, 0.25) is 0 Å². The molecule has 0 bridgehead atoms. The zero-order valence-electron chi connectivity index (χ0n) is 11.4. The summed E-state index contributed by atoms with van der Waals surface area (Å²) in [6.07, 6.45) is 7.70. The van der Waals surface area contributed by atoms with E-state index < -0.39 is 0 Å². The van der Waals surface area contributed by atoms with Gasteiger partial charge in [0.15, 0.2) is 0 Å². The molecule has 1 aliphatic rings. The van der Waals surface area contributed by atoms with Crippen molar-refractivity contribution in [2.45, 2.75) is 19.3 Å². The van der Waals surface area contributed by atoms with Gasteiger partial charge in [-0.15, -0.1) is 0 Å². The standard InChI is InChI=1S/C18H18BrN/c19-13-5-6-14-20-17-9-3-1-7-15(17)11-12-16-8-2-4-10-18(16)20/h1-4,6-10,14H,5,11-13H2/b14-6+. The van der Waals surface area contributed by atoms with Crippen LogP contribution in [0.3, 0.4) is 0 Å². The van der Waals surface area contributed by atoms with Gasteiger partial charge in [0, 0.05) is 22.9 Å². The van der Waals surface area contributed by atoms with Crippen molar-refractivity contribution in [1.29, 1.82) is 0 Å². The van der Waals surface area contributed by atoms with E-state index in [4.69, 9.17) is 0 Å². The quantitative estimate of drug-likeness (QED) is 0.698. The molecule has 2 heteroatoms. The smallest absolute Gasteiger partial charge is 0.0487 e. The summed E-state index contributed by atoms with van der Waals surface area (Å²) in [4.78, 5) is 2.33. The van der Waals surface area contributed by atoms with Crippen LogP contribution in [0.25, 0.3) is 0 Å². The summed E-state index contributed by atoms with van der Waals surface area (Å²) >= 11 is 3.48. The van der Waals surface area contributed by atoms with E-state index in [0.717, 1.165) is 24.6 Å². The van der Waals surface area contributed by atoms with Gasteiger partial charge in [0.1, 0.15) is 0 Å². The molecule has 0 saturated carbocycles. The van der Waals surface area contributed by atoms with E-state index in [1.54, 1.807) is 0 Å². The first-order valence-corrected chi connectivity index (χ1v) is 8.20. The van der Waals surface area contributed by atoms with Gasteiger partial charge in [-0.2, -0.15) is 0 Å². The average Bonchev–Trinajstić information content (AvgIpc) is 2.66. The van der Waals surface area contributed by atoms with Crippen molar-refractivity contribution in [3.63, 3.8) is 0 Å². The molecule has 2 aromatic carbocycles. The fourth-order valence-electron chi connectivity index (χ4n) is 2.72. The number of halogens is 1. The Bertz CT molecular complexity index is 571. The number of allylic oxidation sites excluding steroid dienone is 1. The maximum atomic E-state index is 3.48. The summed E-state index contributed by atoms with van der Waals surface area (Å²) in [6.45, 7) is 0. The van der Waals surface area contributed by atoms with Crippen molar-refractivity contribution in [3.8, 4) is 0 Å². The molecule has 0 aliphatic carbocycles. The Morgan fingerprint density at radius 3 is 2.00 bits per heavy atom. The maximum Gasteiger partial charge on any atom is 0.0487 e. The number of hydrogen-bond donors (Lipinski definition) is 0.